The van der Waals surface area contributed by atoms with Gasteiger partial charge in [0.25, 0.3) is 5.91 Å². The zero-order valence-corrected chi connectivity index (χ0v) is 13.5. The number of aromatic nitrogens is 1. The third-order valence-corrected chi connectivity index (χ3v) is 4.25. The topological polar surface area (TPSA) is 42.4 Å². The van der Waals surface area contributed by atoms with Crippen molar-refractivity contribution >= 4 is 5.91 Å². The summed E-state index contributed by atoms with van der Waals surface area (Å²) in [4.78, 5) is 18.6. The van der Waals surface area contributed by atoms with Crippen LogP contribution in [0.25, 0.3) is 0 Å². The van der Waals surface area contributed by atoms with Crippen molar-refractivity contribution < 1.29 is 13.9 Å². The quantitative estimate of drug-likeness (QED) is 0.847. The number of carbonyl (C=O) groups is 1. The zero-order chi connectivity index (χ0) is 16.8. The van der Waals surface area contributed by atoms with E-state index in [9.17, 15) is 9.18 Å². The maximum absolute atomic E-state index is 13.1. The molecule has 0 unspecified atom stereocenters. The Morgan fingerprint density at radius 1 is 1.29 bits per heavy atom. The number of hydrogen-bond acceptors (Lipinski definition) is 3. The van der Waals surface area contributed by atoms with Gasteiger partial charge in [-0.25, -0.2) is 4.39 Å². The Balaban J connectivity index is 1.51. The van der Waals surface area contributed by atoms with E-state index in [-0.39, 0.29) is 18.3 Å². The molecule has 5 heteroatoms. The van der Waals surface area contributed by atoms with Gasteiger partial charge in [-0.15, -0.1) is 0 Å². The summed E-state index contributed by atoms with van der Waals surface area (Å²) in [6, 6.07) is 11.8. The van der Waals surface area contributed by atoms with Crippen LogP contribution >= 0.6 is 0 Å². The average molecular weight is 328 g/mol. The van der Waals surface area contributed by atoms with E-state index in [1.807, 2.05) is 23.1 Å². The number of amides is 1. The first-order valence-electron chi connectivity index (χ1n) is 8.27. The highest BCUT2D eigenvalue weighted by molar-refractivity contribution is 5.77. The minimum atomic E-state index is -0.367. The number of ether oxygens (including phenoxy) is 1. The molecule has 1 aliphatic rings. The highest BCUT2D eigenvalue weighted by Gasteiger charge is 2.24. The molecule has 0 N–H and O–H groups in total. The van der Waals surface area contributed by atoms with Crippen molar-refractivity contribution in [3.05, 3.63) is 60.2 Å². The smallest absolute Gasteiger partial charge is 0.260 e. The monoisotopic (exact) mass is 328 g/mol. The second kappa shape index (κ2) is 7.90. The van der Waals surface area contributed by atoms with Crippen LogP contribution in [-0.2, 0) is 11.2 Å². The fourth-order valence-electron chi connectivity index (χ4n) is 3.07. The van der Waals surface area contributed by atoms with Crippen molar-refractivity contribution in [2.45, 2.75) is 19.3 Å². The fraction of sp³-hybridized carbons (Fsp3) is 0.368. The normalized spacial score (nSPS) is 17.5. The summed E-state index contributed by atoms with van der Waals surface area (Å²) in [7, 11) is 0. The maximum atomic E-state index is 13.1. The van der Waals surface area contributed by atoms with Crippen molar-refractivity contribution in [3.63, 3.8) is 0 Å². The molecule has 0 spiro atoms. The number of hydrogen-bond donors (Lipinski definition) is 0. The van der Waals surface area contributed by atoms with Gasteiger partial charge in [-0.05, 0) is 49.4 Å². The van der Waals surface area contributed by atoms with Gasteiger partial charge in [0.2, 0.25) is 0 Å². The second-order valence-corrected chi connectivity index (χ2v) is 6.12. The van der Waals surface area contributed by atoms with Crippen LogP contribution in [-0.4, -0.2) is 35.5 Å². The molecule has 1 aliphatic heterocycles. The summed E-state index contributed by atoms with van der Waals surface area (Å²) in [6.45, 7) is 1.42. The summed E-state index contributed by atoms with van der Waals surface area (Å²) in [6.07, 6.45) is 4.78. The minimum absolute atomic E-state index is 0.0509. The molecule has 126 valence electrons. The molecule has 24 heavy (non-hydrogen) atoms. The maximum Gasteiger partial charge on any atom is 0.260 e. The lowest BCUT2D eigenvalue weighted by Crippen LogP contribution is -2.42. The predicted octanol–water partition coefficient (Wildman–Crippen LogP) is 3.08. The van der Waals surface area contributed by atoms with Gasteiger partial charge in [0, 0.05) is 31.0 Å². The van der Waals surface area contributed by atoms with Gasteiger partial charge in [-0.2, -0.15) is 0 Å². The predicted molar refractivity (Wildman–Crippen MR) is 89.1 cm³/mol. The van der Waals surface area contributed by atoms with E-state index < -0.39 is 0 Å². The van der Waals surface area contributed by atoms with E-state index in [2.05, 4.69) is 4.98 Å². The van der Waals surface area contributed by atoms with Crippen molar-refractivity contribution in [2.75, 3.05) is 19.7 Å². The number of likely N-dealkylation sites (tertiary alicyclic amines) is 1. The van der Waals surface area contributed by atoms with Crippen molar-refractivity contribution in [1.82, 2.24) is 9.88 Å². The molecule has 1 aromatic heterocycles. The molecular formula is C19H21FN2O2. The fourth-order valence-corrected chi connectivity index (χ4v) is 3.07. The van der Waals surface area contributed by atoms with Crippen LogP contribution < -0.4 is 4.74 Å². The molecule has 1 saturated heterocycles. The Hall–Kier alpha value is -2.43. The molecule has 0 radical (unpaired) electrons. The standard InChI is InChI=1S/C19H21FN2O2/c20-16-6-3-8-18(12-16)24-14-19(23)22-10-4-5-15(13-22)11-17-7-1-2-9-21-17/h1-3,6-9,12,15H,4-5,10-11,13-14H2/t15-/m0/s1. The SMILES string of the molecule is O=C(COc1cccc(F)c1)N1CCC[C@@H](Cc2ccccn2)C1. The van der Waals surface area contributed by atoms with Crippen molar-refractivity contribution in [2.24, 2.45) is 5.92 Å². The lowest BCUT2D eigenvalue weighted by molar-refractivity contribution is -0.135. The Labute approximate surface area is 141 Å². The van der Waals surface area contributed by atoms with E-state index >= 15 is 0 Å². The number of benzene rings is 1. The van der Waals surface area contributed by atoms with Gasteiger partial charge in [0.15, 0.2) is 6.61 Å². The zero-order valence-electron chi connectivity index (χ0n) is 13.5. The van der Waals surface area contributed by atoms with Gasteiger partial charge in [0.05, 0.1) is 0 Å². The Kier molecular flexibility index (Phi) is 5.41. The van der Waals surface area contributed by atoms with Crippen LogP contribution in [0.3, 0.4) is 0 Å². The van der Waals surface area contributed by atoms with Crippen LogP contribution in [0, 0.1) is 11.7 Å². The largest absolute Gasteiger partial charge is 0.484 e. The van der Waals surface area contributed by atoms with Crippen LogP contribution in [0.4, 0.5) is 4.39 Å². The molecular weight excluding hydrogens is 307 g/mol. The van der Waals surface area contributed by atoms with E-state index in [0.29, 0.717) is 11.7 Å². The third kappa shape index (κ3) is 4.54. The molecule has 4 nitrogen and oxygen atoms in total. The highest BCUT2D eigenvalue weighted by atomic mass is 19.1. The minimum Gasteiger partial charge on any atom is -0.484 e. The number of carbonyl (C=O) groups excluding carboxylic acids is 1. The molecule has 0 aliphatic carbocycles. The molecule has 1 amide bonds. The Bertz CT molecular complexity index is 678. The van der Waals surface area contributed by atoms with Gasteiger partial charge in [-0.1, -0.05) is 12.1 Å². The molecule has 1 atom stereocenters. The molecule has 1 fully saturated rings. The number of pyridine rings is 1. The van der Waals surface area contributed by atoms with E-state index in [0.717, 1.165) is 38.0 Å². The average Bonchev–Trinajstić information content (AvgIpc) is 2.61. The summed E-state index contributed by atoms with van der Waals surface area (Å²) in [5, 5.41) is 0. The van der Waals surface area contributed by atoms with E-state index in [1.165, 1.54) is 12.1 Å². The van der Waals surface area contributed by atoms with Gasteiger partial charge in [-0.3, -0.25) is 9.78 Å². The van der Waals surface area contributed by atoms with Crippen LogP contribution in [0.2, 0.25) is 0 Å². The van der Waals surface area contributed by atoms with Crippen LogP contribution in [0.15, 0.2) is 48.7 Å². The number of halogens is 1. The number of nitrogens with zero attached hydrogens (tertiary/aromatic N) is 2. The number of rotatable bonds is 5. The first kappa shape index (κ1) is 16.4. The first-order chi connectivity index (χ1) is 11.7. The molecule has 0 bridgehead atoms. The summed E-state index contributed by atoms with van der Waals surface area (Å²) < 4.78 is 18.5. The second-order valence-electron chi connectivity index (χ2n) is 6.12. The van der Waals surface area contributed by atoms with E-state index in [4.69, 9.17) is 4.74 Å². The summed E-state index contributed by atoms with van der Waals surface area (Å²) >= 11 is 0. The summed E-state index contributed by atoms with van der Waals surface area (Å²) in [5.74, 6) is 0.385. The van der Waals surface area contributed by atoms with Gasteiger partial charge < -0.3 is 9.64 Å². The van der Waals surface area contributed by atoms with Crippen molar-refractivity contribution in [3.8, 4) is 5.75 Å². The first-order valence-corrected chi connectivity index (χ1v) is 8.27. The molecule has 3 rings (SSSR count). The highest BCUT2D eigenvalue weighted by Crippen LogP contribution is 2.20. The Morgan fingerprint density at radius 3 is 3.00 bits per heavy atom. The lowest BCUT2D eigenvalue weighted by Gasteiger charge is -2.32. The van der Waals surface area contributed by atoms with Gasteiger partial charge in [0.1, 0.15) is 11.6 Å². The molecule has 2 aromatic rings. The molecule has 0 saturated carbocycles. The van der Waals surface area contributed by atoms with Gasteiger partial charge >= 0.3 is 0 Å². The van der Waals surface area contributed by atoms with E-state index in [1.54, 1.807) is 18.3 Å². The lowest BCUT2D eigenvalue weighted by atomic mass is 9.93. The van der Waals surface area contributed by atoms with Crippen LogP contribution in [0.5, 0.6) is 5.75 Å². The van der Waals surface area contributed by atoms with Crippen LogP contribution in [0.1, 0.15) is 18.5 Å². The Morgan fingerprint density at radius 2 is 2.21 bits per heavy atom. The number of piperidine rings is 1. The molecule has 2 heterocycles. The third-order valence-electron chi connectivity index (χ3n) is 4.25. The molecule has 1 aromatic carbocycles. The van der Waals surface area contributed by atoms with Crippen molar-refractivity contribution in [1.29, 1.82) is 0 Å². The summed E-state index contributed by atoms with van der Waals surface area (Å²) in [5.41, 5.74) is 1.06.